The molecule has 6 heteroatoms. The first-order chi connectivity index (χ1) is 8.86. The van der Waals surface area contributed by atoms with Crippen molar-refractivity contribution in [3.05, 3.63) is 34.9 Å². The van der Waals surface area contributed by atoms with Gasteiger partial charge in [-0.25, -0.2) is 0 Å². The minimum absolute atomic E-state index is 0.302. The highest BCUT2D eigenvalue weighted by Crippen LogP contribution is 2.30. The van der Waals surface area contributed by atoms with Crippen LogP contribution in [0.4, 0.5) is 13.2 Å². The number of aryl methyl sites for hydroxylation is 1. The monoisotopic (exact) mass is 271 g/mol. The minimum atomic E-state index is -4.29. The predicted molar refractivity (Wildman–Crippen MR) is 67.9 cm³/mol. The summed E-state index contributed by atoms with van der Waals surface area (Å²) in [6, 6.07) is 4.08. The Morgan fingerprint density at radius 1 is 1.42 bits per heavy atom. The van der Waals surface area contributed by atoms with Crippen molar-refractivity contribution in [1.29, 1.82) is 0 Å². The second kappa shape index (κ2) is 5.11. The number of alkyl halides is 3. The van der Waals surface area contributed by atoms with Crippen LogP contribution in [0.2, 0.25) is 0 Å². The molecule has 1 aromatic rings. The number of hydrogen-bond acceptors (Lipinski definition) is 3. The smallest absolute Gasteiger partial charge is 0.352 e. The quantitative estimate of drug-likeness (QED) is 0.867. The number of rotatable bonds is 2. The molecule has 0 radical (unpaired) electrons. The zero-order valence-corrected chi connectivity index (χ0v) is 10.8. The van der Waals surface area contributed by atoms with Crippen LogP contribution < -0.4 is 10.6 Å². The molecule has 3 nitrogen and oxygen atoms in total. The zero-order chi connectivity index (χ0) is 14.0. The Labute approximate surface area is 109 Å². The molecule has 1 atom stereocenters. The molecule has 1 aromatic carbocycles. The molecular weight excluding hydrogens is 255 g/mol. The van der Waals surface area contributed by atoms with Gasteiger partial charge in [-0.05, 0) is 37.1 Å². The van der Waals surface area contributed by atoms with E-state index in [9.17, 15) is 13.2 Å². The maximum atomic E-state index is 12.5. The summed E-state index contributed by atoms with van der Waals surface area (Å²) in [6.45, 7) is 4.87. The average molecular weight is 271 g/mol. The molecule has 0 spiro atoms. The zero-order valence-electron chi connectivity index (χ0n) is 10.8. The average Bonchev–Trinajstić information content (AvgIpc) is 2.72. The number of hydrogen-bond donors (Lipinski definition) is 2. The van der Waals surface area contributed by atoms with Crippen LogP contribution in [0.5, 0.6) is 0 Å². The number of benzene rings is 1. The molecule has 0 aromatic heterocycles. The van der Waals surface area contributed by atoms with Gasteiger partial charge in [-0.1, -0.05) is 6.07 Å². The summed E-state index contributed by atoms with van der Waals surface area (Å²) >= 11 is 0. The van der Waals surface area contributed by atoms with E-state index in [0.29, 0.717) is 30.7 Å². The summed E-state index contributed by atoms with van der Waals surface area (Å²) in [4.78, 5) is 4.23. The standard InChI is InChI=1S/C13H16F3N3/c1-8-5-11(13(14,15)16)4-3-10(8)7-18-12-17-6-9(2)19-12/h3-5,9H,6-7H2,1-2H3,(H2,17,18,19). The van der Waals surface area contributed by atoms with Crippen molar-refractivity contribution in [2.75, 3.05) is 6.54 Å². The Hall–Kier alpha value is -1.72. The van der Waals surface area contributed by atoms with Gasteiger partial charge in [0.15, 0.2) is 5.96 Å². The van der Waals surface area contributed by atoms with Crippen LogP contribution in [-0.2, 0) is 12.7 Å². The van der Waals surface area contributed by atoms with Gasteiger partial charge in [0.25, 0.3) is 0 Å². The highest BCUT2D eigenvalue weighted by atomic mass is 19.4. The van der Waals surface area contributed by atoms with Crippen LogP contribution in [0.1, 0.15) is 23.6 Å². The van der Waals surface area contributed by atoms with Crippen molar-refractivity contribution in [2.24, 2.45) is 4.99 Å². The van der Waals surface area contributed by atoms with Crippen molar-refractivity contribution >= 4 is 5.96 Å². The number of nitrogens with one attached hydrogen (secondary N) is 2. The van der Waals surface area contributed by atoms with Crippen LogP contribution in [-0.4, -0.2) is 18.5 Å². The Kier molecular flexibility index (Phi) is 3.68. The maximum Gasteiger partial charge on any atom is 0.416 e. The molecule has 0 amide bonds. The second-order valence-electron chi connectivity index (χ2n) is 4.73. The maximum absolute atomic E-state index is 12.5. The number of halogens is 3. The van der Waals surface area contributed by atoms with Crippen molar-refractivity contribution in [3.63, 3.8) is 0 Å². The molecule has 1 heterocycles. The SMILES string of the molecule is Cc1cc(C(F)(F)F)ccc1CNC1=NCC(C)N1. The van der Waals surface area contributed by atoms with Crippen molar-refractivity contribution in [1.82, 2.24) is 10.6 Å². The van der Waals surface area contributed by atoms with E-state index in [0.717, 1.165) is 11.6 Å². The lowest BCUT2D eigenvalue weighted by atomic mass is 10.0. The van der Waals surface area contributed by atoms with Crippen LogP contribution in [0.15, 0.2) is 23.2 Å². The lowest BCUT2D eigenvalue weighted by molar-refractivity contribution is -0.137. The van der Waals surface area contributed by atoms with Gasteiger partial charge >= 0.3 is 6.18 Å². The van der Waals surface area contributed by atoms with Crippen LogP contribution in [0, 0.1) is 6.92 Å². The van der Waals surface area contributed by atoms with E-state index in [1.165, 1.54) is 12.1 Å². The molecule has 1 unspecified atom stereocenters. The fourth-order valence-electron chi connectivity index (χ4n) is 1.91. The summed E-state index contributed by atoms with van der Waals surface area (Å²) < 4.78 is 37.6. The molecule has 0 saturated carbocycles. The van der Waals surface area contributed by atoms with Crippen LogP contribution in [0.25, 0.3) is 0 Å². The molecule has 0 fully saturated rings. The molecule has 0 bridgehead atoms. The number of guanidine groups is 1. The Morgan fingerprint density at radius 3 is 2.68 bits per heavy atom. The lowest BCUT2D eigenvalue weighted by Gasteiger charge is -2.13. The Balaban J connectivity index is 2.02. The number of aliphatic imine (C=N–C) groups is 1. The van der Waals surface area contributed by atoms with E-state index in [4.69, 9.17) is 0 Å². The van der Waals surface area contributed by atoms with Gasteiger partial charge in [0, 0.05) is 12.6 Å². The van der Waals surface area contributed by atoms with E-state index < -0.39 is 11.7 Å². The first kappa shape index (κ1) is 13.7. The third-order valence-corrected chi connectivity index (χ3v) is 3.02. The van der Waals surface area contributed by atoms with Crippen molar-refractivity contribution in [3.8, 4) is 0 Å². The second-order valence-corrected chi connectivity index (χ2v) is 4.73. The van der Waals surface area contributed by atoms with Gasteiger partial charge < -0.3 is 10.6 Å². The van der Waals surface area contributed by atoms with Gasteiger partial charge in [-0.3, -0.25) is 4.99 Å². The fourth-order valence-corrected chi connectivity index (χ4v) is 1.91. The van der Waals surface area contributed by atoms with Crippen molar-refractivity contribution in [2.45, 2.75) is 32.6 Å². The molecule has 2 rings (SSSR count). The predicted octanol–water partition coefficient (Wildman–Crippen LogP) is 2.45. The molecule has 0 aliphatic carbocycles. The first-order valence-corrected chi connectivity index (χ1v) is 6.08. The summed E-state index contributed by atoms with van der Waals surface area (Å²) in [5, 5.41) is 6.22. The summed E-state index contributed by atoms with van der Waals surface area (Å²) in [7, 11) is 0. The van der Waals surface area contributed by atoms with Gasteiger partial charge in [-0.2, -0.15) is 13.2 Å². The highest BCUT2D eigenvalue weighted by Gasteiger charge is 2.30. The Morgan fingerprint density at radius 2 is 2.16 bits per heavy atom. The van der Waals surface area contributed by atoms with Gasteiger partial charge in [0.2, 0.25) is 0 Å². The molecule has 1 aliphatic heterocycles. The van der Waals surface area contributed by atoms with Crippen LogP contribution >= 0.6 is 0 Å². The summed E-state index contributed by atoms with van der Waals surface area (Å²) in [5.74, 6) is 0.701. The van der Waals surface area contributed by atoms with Crippen molar-refractivity contribution < 1.29 is 13.2 Å². The lowest BCUT2D eigenvalue weighted by Crippen LogP contribution is -2.37. The van der Waals surface area contributed by atoms with E-state index >= 15 is 0 Å². The molecular formula is C13H16F3N3. The normalized spacial score (nSPS) is 19.0. The van der Waals surface area contributed by atoms with Gasteiger partial charge in [-0.15, -0.1) is 0 Å². The Bertz CT molecular complexity index is 494. The topological polar surface area (TPSA) is 36.4 Å². The molecule has 19 heavy (non-hydrogen) atoms. The van der Waals surface area contributed by atoms with E-state index in [1.54, 1.807) is 6.92 Å². The van der Waals surface area contributed by atoms with E-state index in [2.05, 4.69) is 15.6 Å². The van der Waals surface area contributed by atoms with E-state index in [1.807, 2.05) is 6.92 Å². The first-order valence-electron chi connectivity index (χ1n) is 6.08. The molecule has 104 valence electrons. The van der Waals surface area contributed by atoms with Gasteiger partial charge in [0.1, 0.15) is 0 Å². The number of nitrogens with zero attached hydrogens (tertiary/aromatic N) is 1. The summed E-state index contributed by atoms with van der Waals surface area (Å²) in [5.41, 5.74) is 0.838. The van der Waals surface area contributed by atoms with Gasteiger partial charge in [0.05, 0.1) is 12.1 Å². The summed E-state index contributed by atoms with van der Waals surface area (Å²) in [6.07, 6.45) is -4.29. The third kappa shape index (κ3) is 3.39. The fraction of sp³-hybridized carbons (Fsp3) is 0.462. The van der Waals surface area contributed by atoms with E-state index in [-0.39, 0.29) is 0 Å². The minimum Gasteiger partial charge on any atom is -0.352 e. The third-order valence-electron chi connectivity index (χ3n) is 3.02. The highest BCUT2D eigenvalue weighted by molar-refractivity contribution is 5.81. The largest absolute Gasteiger partial charge is 0.416 e. The van der Waals surface area contributed by atoms with Crippen LogP contribution in [0.3, 0.4) is 0 Å². The molecule has 2 N–H and O–H groups in total. The molecule has 0 saturated heterocycles. The molecule has 1 aliphatic rings.